The van der Waals surface area contributed by atoms with E-state index in [-0.39, 0.29) is 29.6 Å². The predicted octanol–water partition coefficient (Wildman–Crippen LogP) is 4.20. The SMILES string of the molecule is CC1(C)OC23C4CCC5C(CCCC52)Cc2ccc(O)cc2CC#CC3C(N)(CCO)C1C4. The van der Waals surface area contributed by atoms with Crippen LogP contribution < -0.4 is 5.73 Å². The van der Waals surface area contributed by atoms with Gasteiger partial charge in [0.2, 0.25) is 0 Å². The van der Waals surface area contributed by atoms with E-state index in [9.17, 15) is 10.2 Å². The third-order valence-electron chi connectivity index (χ3n) is 10.5. The highest BCUT2D eigenvalue weighted by molar-refractivity contribution is 5.39. The van der Waals surface area contributed by atoms with Gasteiger partial charge in [-0.2, -0.15) is 0 Å². The summed E-state index contributed by atoms with van der Waals surface area (Å²) in [6.07, 6.45) is 9.58. The molecule has 0 aromatic heterocycles. The van der Waals surface area contributed by atoms with E-state index in [0.29, 0.717) is 42.3 Å². The van der Waals surface area contributed by atoms with Crippen molar-refractivity contribution in [2.75, 3.05) is 6.61 Å². The predicted molar refractivity (Wildman–Crippen MR) is 128 cm³/mol. The van der Waals surface area contributed by atoms with Crippen LogP contribution in [0, 0.1) is 47.3 Å². The number of phenolic OH excluding ortho intramolecular Hbond substituents is 1. The number of phenols is 1. The first-order valence-electron chi connectivity index (χ1n) is 13.2. The molecule has 1 aromatic carbocycles. The van der Waals surface area contributed by atoms with Crippen molar-refractivity contribution in [1.29, 1.82) is 0 Å². The minimum Gasteiger partial charge on any atom is -0.508 e. The molecule has 3 saturated carbocycles. The van der Waals surface area contributed by atoms with E-state index >= 15 is 0 Å². The summed E-state index contributed by atoms with van der Waals surface area (Å²) in [7, 11) is 0. The van der Waals surface area contributed by atoms with Gasteiger partial charge in [-0.25, -0.2) is 0 Å². The van der Waals surface area contributed by atoms with Gasteiger partial charge in [0, 0.05) is 24.5 Å². The quantitative estimate of drug-likeness (QED) is 0.592. The highest BCUT2D eigenvalue weighted by atomic mass is 16.5. The van der Waals surface area contributed by atoms with Crippen LogP contribution in [0.25, 0.3) is 0 Å². The van der Waals surface area contributed by atoms with Crippen molar-refractivity contribution in [2.24, 2.45) is 41.2 Å². The van der Waals surface area contributed by atoms with Gasteiger partial charge >= 0.3 is 0 Å². The smallest absolute Gasteiger partial charge is 0.115 e. The summed E-state index contributed by atoms with van der Waals surface area (Å²) < 4.78 is 7.29. The van der Waals surface area contributed by atoms with Crippen molar-refractivity contribution in [1.82, 2.24) is 0 Å². The Morgan fingerprint density at radius 2 is 2.00 bits per heavy atom. The molecular formula is C29H39NO3. The number of hydrogen-bond donors (Lipinski definition) is 3. The molecule has 2 saturated heterocycles. The van der Waals surface area contributed by atoms with Crippen molar-refractivity contribution in [3.63, 3.8) is 0 Å². The zero-order valence-electron chi connectivity index (χ0n) is 20.1. The average molecular weight is 450 g/mol. The molecule has 1 spiro atoms. The number of ether oxygens (including phenoxy) is 1. The topological polar surface area (TPSA) is 75.7 Å². The van der Waals surface area contributed by atoms with Crippen molar-refractivity contribution < 1.29 is 14.9 Å². The summed E-state index contributed by atoms with van der Waals surface area (Å²) in [5, 5.41) is 20.3. The monoisotopic (exact) mass is 449 g/mol. The molecule has 5 bridgehead atoms. The van der Waals surface area contributed by atoms with E-state index in [1.54, 1.807) is 0 Å². The molecule has 4 N–H and O–H groups in total. The number of benzene rings is 1. The molecule has 8 atom stereocenters. The Labute approximate surface area is 198 Å². The van der Waals surface area contributed by atoms with Crippen molar-refractivity contribution in [2.45, 2.75) is 88.4 Å². The van der Waals surface area contributed by atoms with Crippen LogP contribution in [0.2, 0.25) is 0 Å². The van der Waals surface area contributed by atoms with Crippen molar-refractivity contribution >= 4 is 0 Å². The van der Waals surface area contributed by atoms with Gasteiger partial charge in [0.25, 0.3) is 0 Å². The van der Waals surface area contributed by atoms with Crippen LogP contribution >= 0.6 is 0 Å². The summed E-state index contributed by atoms with van der Waals surface area (Å²) >= 11 is 0. The lowest BCUT2D eigenvalue weighted by molar-refractivity contribution is -0.346. The summed E-state index contributed by atoms with van der Waals surface area (Å²) in [5.74, 6) is 9.95. The fourth-order valence-electron chi connectivity index (χ4n) is 9.35. The van der Waals surface area contributed by atoms with Gasteiger partial charge in [-0.15, -0.1) is 0 Å². The van der Waals surface area contributed by atoms with Gasteiger partial charge in [-0.3, -0.25) is 0 Å². The highest BCUT2D eigenvalue weighted by Gasteiger charge is 2.73. The van der Waals surface area contributed by atoms with E-state index in [2.05, 4.69) is 31.8 Å². The van der Waals surface area contributed by atoms with Crippen LogP contribution in [0.4, 0.5) is 0 Å². The van der Waals surface area contributed by atoms with Gasteiger partial charge in [0.05, 0.1) is 17.1 Å². The Morgan fingerprint density at radius 1 is 1.15 bits per heavy atom. The van der Waals surface area contributed by atoms with E-state index < -0.39 is 5.54 Å². The minimum atomic E-state index is -0.537. The number of aromatic hydroxyl groups is 1. The fraction of sp³-hybridized carbons (Fsp3) is 0.724. The fourth-order valence-corrected chi connectivity index (χ4v) is 9.35. The zero-order chi connectivity index (χ0) is 23.0. The first-order valence-corrected chi connectivity index (χ1v) is 13.2. The van der Waals surface area contributed by atoms with Crippen LogP contribution in [0.1, 0.15) is 69.9 Å². The number of aliphatic hydroxyl groups excluding tert-OH is 1. The Hall–Kier alpha value is -1.54. The van der Waals surface area contributed by atoms with Gasteiger partial charge in [0.1, 0.15) is 5.75 Å². The maximum Gasteiger partial charge on any atom is 0.115 e. The molecule has 4 aliphatic carbocycles. The van der Waals surface area contributed by atoms with E-state index in [1.807, 2.05) is 12.1 Å². The van der Waals surface area contributed by atoms with Crippen molar-refractivity contribution in [3.8, 4) is 17.6 Å². The van der Waals surface area contributed by atoms with Gasteiger partial charge in [-0.1, -0.05) is 24.3 Å². The second kappa shape index (κ2) is 7.48. The molecule has 7 rings (SSSR count). The third-order valence-corrected chi connectivity index (χ3v) is 10.5. The van der Waals surface area contributed by atoms with E-state index in [0.717, 1.165) is 18.4 Å². The molecule has 4 heteroatoms. The second-order valence-electron chi connectivity index (χ2n) is 12.3. The van der Waals surface area contributed by atoms with Crippen LogP contribution in [0.5, 0.6) is 5.75 Å². The molecule has 178 valence electrons. The maximum atomic E-state index is 10.2. The third kappa shape index (κ3) is 3.01. The molecule has 0 amide bonds. The Bertz CT molecular complexity index is 1010. The van der Waals surface area contributed by atoms with Gasteiger partial charge in [0.15, 0.2) is 0 Å². The van der Waals surface area contributed by atoms with E-state index in [4.69, 9.17) is 10.5 Å². The largest absolute Gasteiger partial charge is 0.508 e. The Kier molecular flexibility index (Phi) is 4.98. The van der Waals surface area contributed by atoms with Gasteiger partial charge in [-0.05, 0) is 106 Å². The number of nitrogens with two attached hydrogens (primary N) is 1. The number of rotatable bonds is 2. The molecular weight excluding hydrogens is 410 g/mol. The minimum absolute atomic E-state index is 0.0562. The molecule has 33 heavy (non-hydrogen) atoms. The molecule has 1 aromatic rings. The molecule has 5 fully saturated rings. The summed E-state index contributed by atoms with van der Waals surface area (Å²) in [5.41, 5.74) is 8.72. The van der Waals surface area contributed by atoms with E-state index in [1.165, 1.54) is 37.7 Å². The molecule has 0 radical (unpaired) electrons. The summed E-state index contributed by atoms with van der Waals surface area (Å²) in [4.78, 5) is 0. The average Bonchev–Trinajstić information content (AvgIpc) is 2.77. The first kappa shape index (κ1) is 22.0. The number of hydrogen-bond acceptors (Lipinski definition) is 4. The molecule has 6 aliphatic rings. The molecule has 8 unspecified atom stereocenters. The lowest BCUT2D eigenvalue weighted by Crippen LogP contribution is -2.81. The normalized spacial score (nSPS) is 44.7. The number of fused-ring (bicyclic) bond motifs is 2. The number of aliphatic hydroxyl groups is 1. The van der Waals surface area contributed by atoms with Gasteiger partial charge < -0.3 is 20.7 Å². The second-order valence-corrected chi connectivity index (χ2v) is 12.3. The standard InChI is InChI=1S/C29H39NO3/c1-27(2)26-17-21-10-12-23-20-6-3-7-24(23)29(21,33-27)25(28(26,30)13-14-31)8-4-5-18-16-22(32)11-9-19(18)15-20/h9,11,16,20-21,23-26,31-32H,3,5-7,10,12-15,17,30H2,1-2H3. The maximum absolute atomic E-state index is 10.2. The molecule has 4 nitrogen and oxygen atoms in total. The summed E-state index contributed by atoms with van der Waals surface area (Å²) in [6, 6.07) is 5.86. The highest BCUT2D eigenvalue weighted by Crippen LogP contribution is 2.68. The molecule has 2 heterocycles. The lowest BCUT2D eigenvalue weighted by Gasteiger charge is -2.73. The Morgan fingerprint density at radius 3 is 2.82 bits per heavy atom. The zero-order valence-corrected chi connectivity index (χ0v) is 20.1. The first-order chi connectivity index (χ1) is 15.8. The van der Waals surface area contributed by atoms with Crippen LogP contribution in [0.15, 0.2) is 18.2 Å². The van der Waals surface area contributed by atoms with Crippen LogP contribution in [-0.4, -0.2) is 33.6 Å². The van der Waals surface area contributed by atoms with Crippen molar-refractivity contribution in [3.05, 3.63) is 29.3 Å². The lowest BCUT2D eigenvalue weighted by atomic mass is 9.41. The van der Waals surface area contributed by atoms with Crippen LogP contribution in [-0.2, 0) is 17.6 Å². The molecule has 2 aliphatic heterocycles. The van der Waals surface area contributed by atoms with Crippen LogP contribution in [0.3, 0.4) is 0 Å². The summed E-state index contributed by atoms with van der Waals surface area (Å²) in [6.45, 7) is 4.56. The Balaban J connectivity index is 1.56.